The van der Waals surface area contributed by atoms with E-state index in [1.807, 2.05) is 13.8 Å². The Morgan fingerprint density at radius 1 is 1.44 bits per heavy atom. The highest BCUT2D eigenvalue weighted by molar-refractivity contribution is 5.76. The van der Waals surface area contributed by atoms with Crippen molar-refractivity contribution in [2.24, 2.45) is 5.73 Å². The van der Waals surface area contributed by atoms with Crippen molar-refractivity contribution >= 4 is 5.91 Å². The minimum Gasteiger partial charge on any atom is -0.354 e. The molecule has 4 nitrogen and oxygen atoms in total. The normalized spacial score (nSPS) is 12.2. The molecule has 96 valence electrons. The maximum atomic E-state index is 11.5. The van der Waals surface area contributed by atoms with Crippen molar-refractivity contribution in [3.63, 3.8) is 0 Å². The Morgan fingerprint density at radius 2 is 2.00 bits per heavy atom. The lowest BCUT2D eigenvalue weighted by Crippen LogP contribution is -2.50. The Kier molecular flexibility index (Phi) is 6.60. The molecule has 0 aromatic heterocycles. The van der Waals surface area contributed by atoms with Gasteiger partial charge in [-0.1, -0.05) is 6.92 Å². The standard InChI is InChI=1S/C12H27N3O/c1-6-15(12(4,5)9-13)8-7-11(16)14-10(2)3/h10H,6-9,13H2,1-5H3,(H,14,16). The SMILES string of the molecule is CCN(CCC(=O)NC(C)C)C(C)(C)CN. The summed E-state index contributed by atoms with van der Waals surface area (Å²) in [6.07, 6.45) is 0.537. The lowest BCUT2D eigenvalue weighted by molar-refractivity contribution is -0.122. The van der Waals surface area contributed by atoms with Gasteiger partial charge in [-0.15, -0.1) is 0 Å². The van der Waals surface area contributed by atoms with Gasteiger partial charge < -0.3 is 11.1 Å². The molecule has 0 heterocycles. The first-order valence-corrected chi connectivity index (χ1v) is 6.08. The Balaban J connectivity index is 4.11. The second kappa shape index (κ2) is 6.86. The molecule has 0 radical (unpaired) electrons. The molecular weight excluding hydrogens is 202 g/mol. The van der Waals surface area contributed by atoms with E-state index in [4.69, 9.17) is 5.73 Å². The molecule has 0 aliphatic carbocycles. The van der Waals surface area contributed by atoms with Gasteiger partial charge in [0.15, 0.2) is 0 Å². The Bertz CT molecular complexity index is 214. The summed E-state index contributed by atoms with van der Waals surface area (Å²) in [7, 11) is 0. The van der Waals surface area contributed by atoms with Gasteiger partial charge >= 0.3 is 0 Å². The summed E-state index contributed by atoms with van der Waals surface area (Å²) in [4.78, 5) is 13.8. The third kappa shape index (κ3) is 5.47. The minimum atomic E-state index is -0.0349. The van der Waals surface area contributed by atoms with E-state index >= 15 is 0 Å². The highest BCUT2D eigenvalue weighted by Crippen LogP contribution is 2.12. The van der Waals surface area contributed by atoms with Crippen molar-refractivity contribution < 1.29 is 4.79 Å². The molecule has 0 aromatic rings. The van der Waals surface area contributed by atoms with Crippen LogP contribution in [0.1, 0.15) is 41.0 Å². The number of hydrogen-bond donors (Lipinski definition) is 2. The summed E-state index contributed by atoms with van der Waals surface area (Å²) in [5, 5.41) is 2.89. The van der Waals surface area contributed by atoms with Crippen molar-refractivity contribution in [2.45, 2.75) is 52.6 Å². The second-order valence-corrected chi connectivity index (χ2v) is 5.07. The molecule has 0 atom stereocenters. The van der Waals surface area contributed by atoms with Crippen LogP contribution in [0.2, 0.25) is 0 Å². The van der Waals surface area contributed by atoms with Crippen LogP contribution in [-0.4, -0.2) is 42.0 Å². The summed E-state index contributed by atoms with van der Waals surface area (Å²) in [5.74, 6) is 0.112. The average Bonchev–Trinajstić information content (AvgIpc) is 2.17. The maximum absolute atomic E-state index is 11.5. The van der Waals surface area contributed by atoms with E-state index in [-0.39, 0.29) is 17.5 Å². The van der Waals surface area contributed by atoms with E-state index in [0.717, 1.165) is 13.1 Å². The minimum absolute atomic E-state index is 0.0349. The second-order valence-electron chi connectivity index (χ2n) is 5.07. The van der Waals surface area contributed by atoms with Crippen LogP contribution in [0.15, 0.2) is 0 Å². The fourth-order valence-electron chi connectivity index (χ4n) is 1.65. The van der Waals surface area contributed by atoms with Crippen molar-refractivity contribution in [3.8, 4) is 0 Å². The number of amides is 1. The number of nitrogens with one attached hydrogen (secondary N) is 1. The zero-order chi connectivity index (χ0) is 12.8. The monoisotopic (exact) mass is 229 g/mol. The molecule has 0 aromatic carbocycles. The molecule has 0 saturated heterocycles. The van der Waals surface area contributed by atoms with E-state index in [0.29, 0.717) is 13.0 Å². The van der Waals surface area contributed by atoms with Crippen LogP contribution in [-0.2, 0) is 4.79 Å². The molecule has 0 fully saturated rings. The molecule has 0 aliphatic rings. The molecule has 0 unspecified atom stereocenters. The number of carbonyl (C=O) groups is 1. The molecule has 4 heteroatoms. The molecule has 3 N–H and O–H groups in total. The third-order valence-corrected chi connectivity index (χ3v) is 2.80. The van der Waals surface area contributed by atoms with Crippen molar-refractivity contribution in [3.05, 3.63) is 0 Å². The molecule has 16 heavy (non-hydrogen) atoms. The predicted molar refractivity (Wildman–Crippen MR) is 68.3 cm³/mol. The van der Waals surface area contributed by atoms with Crippen molar-refractivity contribution in [2.75, 3.05) is 19.6 Å². The first-order chi connectivity index (χ1) is 7.33. The number of rotatable bonds is 7. The van der Waals surface area contributed by atoms with E-state index < -0.39 is 0 Å². The lowest BCUT2D eigenvalue weighted by atomic mass is 10.0. The molecule has 0 spiro atoms. The molecule has 1 amide bonds. The molecule has 0 rings (SSSR count). The zero-order valence-corrected chi connectivity index (χ0v) is 11.3. The summed E-state index contributed by atoms with van der Waals surface area (Å²) >= 11 is 0. The van der Waals surface area contributed by atoms with E-state index in [2.05, 4.69) is 31.0 Å². The number of nitrogens with two attached hydrogens (primary N) is 1. The predicted octanol–water partition coefficient (Wildman–Crippen LogP) is 0.960. The maximum Gasteiger partial charge on any atom is 0.221 e. The summed E-state index contributed by atoms with van der Waals surface area (Å²) in [6.45, 7) is 12.5. The van der Waals surface area contributed by atoms with Gasteiger partial charge in [0.1, 0.15) is 0 Å². The summed E-state index contributed by atoms with van der Waals surface area (Å²) < 4.78 is 0. The molecule has 0 saturated carbocycles. The van der Waals surface area contributed by atoms with Gasteiger partial charge in [0.05, 0.1) is 0 Å². The van der Waals surface area contributed by atoms with Crippen molar-refractivity contribution in [1.29, 1.82) is 0 Å². The van der Waals surface area contributed by atoms with Gasteiger partial charge in [0, 0.05) is 31.1 Å². The topological polar surface area (TPSA) is 58.4 Å². The molecular formula is C12H27N3O. The Morgan fingerprint density at radius 3 is 2.38 bits per heavy atom. The van der Waals surface area contributed by atoms with Gasteiger partial charge in [-0.05, 0) is 34.2 Å². The third-order valence-electron chi connectivity index (χ3n) is 2.80. The van der Waals surface area contributed by atoms with Crippen LogP contribution < -0.4 is 11.1 Å². The smallest absolute Gasteiger partial charge is 0.221 e. The zero-order valence-electron chi connectivity index (χ0n) is 11.3. The highest BCUT2D eigenvalue weighted by Gasteiger charge is 2.23. The largest absolute Gasteiger partial charge is 0.354 e. The summed E-state index contributed by atoms with van der Waals surface area (Å²) in [6, 6.07) is 0.213. The fraction of sp³-hybridized carbons (Fsp3) is 0.917. The number of hydrogen-bond acceptors (Lipinski definition) is 3. The van der Waals surface area contributed by atoms with Crippen LogP contribution in [0.4, 0.5) is 0 Å². The van der Waals surface area contributed by atoms with Gasteiger partial charge in [-0.2, -0.15) is 0 Å². The van der Waals surface area contributed by atoms with Gasteiger partial charge in [-0.3, -0.25) is 9.69 Å². The summed E-state index contributed by atoms with van der Waals surface area (Å²) in [5.41, 5.74) is 5.69. The Labute approximate surface area is 99.6 Å². The van der Waals surface area contributed by atoms with Gasteiger partial charge in [0.25, 0.3) is 0 Å². The van der Waals surface area contributed by atoms with Gasteiger partial charge in [0.2, 0.25) is 5.91 Å². The quantitative estimate of drug-likeness (QED) is 0.683. The number of nitrogens with zero attached hydrogens (tertiary/aromatic N) is 1. The van der Waals surface area contributed by atoms with Crippen LogP contribution in [0, 0.1) is 0 Å². The number of carbonyl (C=O) groups excluding carboxylic acids is 1. The van der Waals surface area contributed by atoms with E-state index in [1.54, 1.807) is 0 Å². The first-order valence-electron chi connectivity index (χ1n) is 6.08. The van der Waals surface area contributed by atoms with Crippen LogP contribution in [0.25, 0.3) is 0 Å². The van der Waals surface area contributed by atoms with Crippen molar-refractivity contribution in [1.82, 2.24) is 10.2 Å². The lowest BCUT2D eigenvalue weighted by Gasteiger charge is -2.36. The van der Waals surface area contributed by atoms with E-state index in [1.165, 1.54) is 0 Å². The van der Waals surface area contributed by atoms with Crippen LogP contribution in [0.3, 0.4) is 0 Å². The first kappa shape index (κ1) is 15.4. The fourth-order valence-corrected chi connectivity index (χ4v) is 1.65. The highest BCUT2D eigenvalue weighted by atomic mass is 16.1. The molecule has 0 aliphatic heterocycles. The average molecular weight is 229 g/mol. The Hall–Kier alpha value is -0.610. The van der Waals surface area contributed by atoms with Gasteiger partial charge in [-0.25, -0.2) is 0 Å². The van der Waals surface area contributed by atoms with E-state index in [9.17, 15) is 4.79 Å². The van der Waals surface area contributed by atoms with Crippen LogP contribution >= 0.6 is 0 Å². The van der Waals surface area contributed by atoms with Crippen LogP contribution in [0.5, 0.6) is 0 Å². The molecule has 0 bridgehead atoms. The number of likely N-dealkylation sites (N-methyl/N-ethyl adjacent to an activating group) is 1.